The molecule has 2 aliphatic rings. The van der Waals surface area contributed by atoms with Gasteiger partial charge >= 0.3 is 0 Å². The molecule has 9 nitrogen and oxygen atoms in total. The van der Waals surface area contributed by atoms with Crippen LogP contribution >= 0.6 is 0 Å². The third kappa shape index (κ3) is 6.54. The molecule has 2 heterocycles. The Morgan fingerprint density at radius 3 is 2.22 bits per heavy atom. The van der Waals surface area contributed by atoms with E-state index >= 15 is 0 Å². The molecule has 0 aliphatic carbocycles. The molecule has 2 saturated heterocycles. The Hall–Kier alpha value is -3.27. The average molecular weight is 510 g/mol. The van der Waals surface area contributed by atoms with Gasteiger partial charge < -0.3 is 30.5 Å². The molecule has 0 bridgehead atoms. The van der Waals surface area contributed by atoms with Crippen LogP contribution in [-0.2, 0) is 32.0 Å². The third-order valence-corrected chi connectivity index (χ3v) is 7.11. The van der Waals surface area contributed by atoms with Crippen LogP contribution in [0, 0.1) is 0 Å². The maximum Gasteiger partial charge on any atom is 0.243 e. The van der Waals surface area contributed by atoms with E-state index in [1.54, 1.807) is 33.1 Å². The molecule has 4 rings (SSSR count). The summed E-state index contributed by atoms with van der Waals surface area (Å²) in [5.41, 5.74) is -0.453. The van der Waals surface area contributed by atoms with Gasteiger partial charge in [-0.3, -0.25) is 14.4 Å². The Morgan fingerprint density at radius 2 is 1.65 bits per heavy atom. The van der Waals surface area contributed by atoms with Crippen molar-refractivity contribution in [1.82, 2.24) is 16.0 Å². The number of epoxide rings is 1. The van der Waals surface area contributed by atoms with Crippen molar-refractivity contribution in [2.45, 2.75) is 62.4 Å². The van der Waals surface area contributed by atoms with Crippen LogP contribution < -0.4 is 20.7 Å². The minimum atomic E-state index is -1.23. The van der Waals surface area contributed by atoms with Crippen molar-refractivity contribution in [3.63, 3.8) is 0 Å². The molecule has 198 valence electrons. The van der Waals surface area contributed by atoms with Gasteiger partial charge in [-0.05, 0) is 56.5 Å². The quantitative estimate of drug-likeness (QED) is 0.332. The summed E-state index contributed by atoms with van der Waals surface area (Å²) in [6, 6.07) is 14.0. The Labute approximate surface area is 216 Å². The summed E-state index contributed by atoms with van der Waals surface area (Å²) >= 11 is 0. The highest BCUT2D eigenvalue weighted by Crippen LogP contribution is 2.29. The van der Waals surface area contributed by atoms with Gasteiger partial charge in [-0.2, -0.15) is 0 Å². The number of methoxy groups -OCH3 is 1. The summed E-state index contributed by atoms with van der Waals surface area (Å²) in [6.45, 7) is 4.11. The topological polar surface area (TPSA) is 129 Å². The fourth-order valence-corrected chi connectivity index (χ4v) is 4.62. The monoisotopic (exact) mass is 509 g/mol. The van der Waals surface area contributed by atoms with Crippen LogP contribution in [-0.4, -0.2) is 72.3 Å². The van der Waals surface area contributed by atoms with Crippen LogP contribution in [0.1, 0.15) is 31.4 Å². The molecule has 2 aromatic rings. The number of carbonyl (C=O) groups excluding carboxylic acids is 3. The van der Waals surface area contributed by atoms with Crippen molar-refractivity contribution < 1.29 is 29.0 Å². The number of hydrogen-bond acceptors (Lipinski definition) is 7. The molecule has 0 spiro atoms. The first-order valence-electron chi connectivity index (χ1n) is 12.5. The molecular formula is C28H35N3O6. The Balaban J connectivity index is 1.55. The number of nitrogens with one attached hydrogen (secondary N) is 3. The first kappa shape index (κ1) is 26.8. The van der Waals surface area contributed by atoms with Gasteiger partial charge in [0.25, 0.3) is 0 Å². The summed E-state index contributed by atoms with van der Waals surface area (Å²) in [4.78, 5) is 40.0. The van der Waals surface area contributed by atoms with Gasteiger partial charge in [-0.15, -0.1) is 0 Å². The molecule has 2 aliphatic heterocycles. The molecule has 0 saturated carbocycles. The van der Waals surface area contributed by atoms with Gasteiger partial charge in [0.1, 0.15) is 23.4 Å². The van der Waals surface area contributed by atoms with E-state index in [-0.39, 0.29) is 12.2 Å². The highest BCUT2D eigenvalue weighted by molar-refractivity contribution is 5.98. The number of amides is 2. The number of benzene rings is 2. The number of Topliss-reactive ketones (excluding diaryl/α,β-unsaturated/α-hetero) is 1. The molecule has 9 heteroatoms. The number of aliphatic hydroxyl groups is 1. The summed E-state index contributed by atoms with van der Waals surface area (Å²) in [5, 5.41) is 19.3. The average Bonchev–Trinajstić information content (AvgIpc) is 3.54. The van der Waals surface area contributed by atoms with Crippen molar-refractivity contribution in [1.29, 1.82) is 0 Å². The predicted octanol–water partition coefficient (Wildman–Crippen LogP) is 0.921. The van der Waals surface area contributed by atoms with E-state index in [0.29, 0.717) is 31.7 Å². The van der Waals surface area contributed by atoms with Crippen molar-refractivity contribution in [2.75, 3.05) is 20.3 Å². The zero-order chi connectivity index (χ0) is 26.6. The Kier molecular flexibility index (Phi) is 7.96. The molecule has 5 atom stereocenters. The number of ether oxygens (including phenoxy) is 2. The molecule has 4 N–H and O–H groups in total. The highest BCUT2D eigenvalue weighted by Gasteiger charge is 2.50. The van der Waals surface area contributed by atoms with Crippen LogP contribution in [0.5, 0.6) is 5.75 Å². The largest absolute Gasteiger partial charge is 0.497 e. The minimum Gasteiger partial charge on any atom is -0.497 e. The zero-order valence-electron chi connectivity index (χ0n) is 21.5. The normalized spacial score (nSPS) is 26.1. The summed E-state index contributed by atoms with van der Waals surface area (Å²) < 4.78 is 10.6. The van der Waals surface area contributed by atoms with Crippen LogP contribution in [0.4, 0.5) is 0 Å². The number of carbonyl (C=O) groups is 3. The second-order valence-electron chi connectivity index (χ2n) is 10.2. The fraction of sp³-hybridized carbons (Fsp3) is 0.464. The molecular weight excluding hydrogens is 474 g/mol. The summed E-state index contributed by atoms with van der Waals surface area (Å²) in [5.74, 6) is -0.495. The smallest absolute Gasteiger partial charge is 0.243 e. The second-order valence-corrected chi connectivity index (χ2v) is 10.2. The molecule has 0 unspecified atom stereocenters. The Bertz CT molecular complexity index is 1110. The lowest BCUT2D eigenvalue weighted by atomic mass is 9.94. The second kappa shape index (κ2) is 11.0. The van der Waals surface area contributed by atoms with E-state index in [9.17, 15) is 19.5 Å². The maximum absolute atomic E-state index is 13.6. The lowest BCUT2D eigenvalue weighted by Gasteiger charge is -2.28. The van der Waals surface area contributed by atoms with E-state index in [2.05, 4.69) is 16.0 Å². The first-order valence-corrected chi connectivity index (χ1v) is 12.5. The summed E-state index contributed by atoms with van der Waals surface area (Å²) in [7, 11) is 1.57. The summed E-state index contributed by atoms with van der Waals surface area (Å²) in [6.07, 6.45) is 0.912. The van der Waals surface area contributed by atoms with E-state index in [4.69, 9.17) is 9.47 Å². The Morgan fingerprint density at radius 1 is 1.03 bits per heavy atom. The van der Waals surface area contributed by atoms with Crippen LogP contribution in [0.3, 0.4) is 0 Å². The molecule has 2 fully saturated rings. The molecule has 0 radical (unpaired) electrons. The molecule has 2 amide bonds. The van der Waals surface area contributed by atoms with E-state index in [1.807, 2.05) is 42.5 Å². The highest BCUT2D eigenvalue weighted by atomic mass is 16.6. The van der Waals surface area contributed by atoms with Gasteiger partial charge in [0.15, 0.2) is 5.78 Å². The maximum atomic E-state index is 13.6. The molecule has 37 heavy (non-hydrogen) atoms. The lowest BCUT2D eigenvalue weighted by molar-refractivity contribution is -0.134. The van der Waals surface area contributed by atoms with Gasteiger partial charge in [-0.1, -0.05) is 42.5 Å². The van der Waals surface area contributed by atoms with Gasteiger partial charge in [0, 0.05) is 6.42 Å². The number of rotatable bonds is 11. The SMILES string of the molecule is COc1ccc(C[C@H](NC(=O)[C@H]2NCC[C@]2(C)O)C(=O)N[C@@H](Cc2ccccc2)C(=O)[C@@]2(C)CO2)cc1. The fourth-order valence-electron chi connectivity index (χ4n) is 4.62. The predicted molar refractivity (Wildman–Crippen MR) is 137 cm³/mol. The van der Waals surface area contributed by atoms with Gasteiger partial charge in [0.2, 0.25) is 11.8 Å². The minimum absolute atomic E-state index is 0.191. The van der Waals surface area contributed by atoms with Crippen LogP contribution in [0.2, 0.25) is 0 Å². The number of hydrogen-bond donors (Lipinski definition) is 4. The molecule has 0 aromatic heterocycles. The van der Waals surface area contributed by atoms with Crippen LogP contribution in [0.15, 0.2) is 54.6 Å². The van der Waals surface area contributed by atoms with E-state index in [0.717, 1.165) is 11.1 Å². The third-order valence-electron chi connectivity index (χ3n) is 7.11. The first-order chi connectivity index (χ1) is 17.6. The standard InChI is InChI=1S/C28H35N3O6/c1-27(35)13-14-29-23(27)26(34)31-22(16-19-9-11-20(36-3)12-10-19)25(33)30-21(24(32)28(2)17-37-28)15-18-7-5-4-6-8-18/h4-12,21-23,29,35H,13-17H2,1-3H3,(H,30,33)(H,31,34)/t21-,22-,23+,27-,28+/m0/s1. The molecule has 2 aromatic carbocycles. The van der Waals surface area contributed by atoms with Gasteiger partial charge in [-0.25, -0.2) is 0 Å². The van der Waals surface area contributed by atoms with Crippen molar-refractivity contribution >= 4 is 17.6 Å². The van der Waals surface area contributed by atoms with Crippen molar-refractivity contribution in [3.05, 3.63) is 65.7 Å². The van der Waals surface area contributed by atoms with E-state index < -0.39 is 41.1 Å². The number of ketones is 1. The van der Waals surface area contributed by atoms with Crippen molar-refractivity contribution in [2.24, 2.45) is 0 Å². The zero-order valence-corrected chi connectivity index (χ0v) is 21.5. The van der Waals surface area contributed by atoms with E-state index in [1.165, 1.54) is 0 Å². The lowest BCUT2D eigenvalue weighted by Crippen LogP contribution is -2.59. The van der Waals surface area contributed by atoms with Crippen LogP contribution in [0.25, 0.3) is 0 Å². The van der Waals surface area contributed by atoms with Crippen molar-refractivity contribution in [3.8, 4) is 5.75 Å². The van der Waals surface area contributed by atoms with Gasteiger partial charge in [0.05, 0.1) is 25.4 Å².